The molecule has 0 saturated heterocycles. The number of fused-ring (bicyclic) bond motifs is 1. The van der Waals surface area contributed by atoms with Gasteiger partial charge in [-0.1, -0.05) is 48.0 Å². The van der Waals surface area contributed by atoms with Gasteiger partial charge in [0.1, 0.15) is 5.65 Å². The van der Waals surface area contributed by atoms with Crippen LogP contribution in [0.5, 0.6) is 0 Å². The van der Waals surface area contributed by atoms with E-state index in [1.165, 1.54) is 28.0 Å². The van der Waals surface area contributed by atoms with Crippen LogP contribution in [0.3, 0.4) is 0 Å². The molecule has 4 rings (SSSR count). The average molecular weight is 272 g/mol. The highest BCUT2D eigenvalue weighted by Crippen LogP contribution is 2.25. The molecule has 0 aliphatic heterocycles. The van der Waals surface area contributed by atoms with Crippen molar-refractivity contribution in [2.24, 2.45) is 0 Å². The molecule has 4 aromatic rings. The van der Waals surface area contributed by atoms with Gasteiger partial charge < -0.3 is 8.97 Å². The van der Waals surface area contributed by atoms with Crippen molar-refractivity contribution in [3.63, 3.8) is 0 Å². The molecule has 0 aliphatic carbocycles. The number of para-hydroxylation sites is 1. The van der Waals surface area contributed by atoms with Gasteiger partial charge in [-0.05, 0) is 30.7 Å². The van der Waals surface area contributed by atoms with Gasteiger partial charge in [0.05, 0.1) is 0 Å². The van der Waals surface area contributed by atoms with Crippen LogP contribution >= 0.6 is 0 Å². The van der Waals surface area contributed by atoms with Crippen LogP contribution in [0.25, 0.3) is 22.5 Å². The van der Waals surface area contributed by atoms with E-state index in [2.05, 4.69) is 89.1 Å². The molecule has 2 aromatic carbocycles. The van der Waals surface area contributed by atoms with E-state index >= 15 is 0 Å². The van der Waals surface area contributed by atoms with Crippen molar-refractivity contribution in [3.05, 3.63) is 84.8 Å². The molecule has 2 aromatic heterocycles. The molecule has 0 aliphatic rings. The van der Waals surface area contributed by atoms with E-state index < -0.39 is 0 Å². The fourth-order valence-corrected chi connectivity index (χ4v) is 2.71. The van der Waals surface area contributed by atoms with Gasteiger partial charge in [0, 0.05) is 29.8 Å². The highest BCUT2D eigenvalue weighted by molar-refractivity contribution is 5.70. The van der Waals surface area contributed by atoms with E-state index in [1.54, 1.807) is 0 Å². The Bertz CT molecular complexity index is 880. The number of nitrogens with zero attached hydrogens (tertiary/aromatic N) is 2. The van der Waals surface area contributed by atoms with Crippen LogP contribution < -0.4 is 0 Å². The molecule has 0 radical (unpaired) electrons. The first-order valence-electron chi connectivity index (χ1n) is 7.13. The highest BCUT2D eigenvalue weighted by atomic mass is 15.1. The molecule has 2 heterocycles. The third-order valence-corrected chi connectivity index (χ3v) is 3.87. The standard InChI is InChI=1S/C19H16N2/c1-15-7-9-16(10-8-15)17-13-19-20(14-17)11-12-21(19)18-5-3-2-4-6-18/h2-14H,1H3. The van der Waals surface area contributed by atoms with Crippen molar-refractivity contribution in [1.82, 2.24) is 8.97 Å². The molecule has 21 heavy (non-hydrogen) atoms. The minimum atomic E-state index is 1.18. The molecule has 0 bridgehead atoms. The van der Waals surface area contributed by atoms with Gasteiger partial charge in [-0.15, -0.1) is 0 Å². The Morgan fingerprint density at radius 1 is 0.762 bits per heavy atom. The first-order valence-corrected chi connectivity index (χ1v) is 7.13. The van der Waals surface area contributed by atoms with E-state index in [0.29, 0.717) is 0 Å². The number of hydrogen-bond donors (Lipinski definition) is 0. The molecule has 0 unspecified atom stereocenters. The van der Waals surface area contributed by atoms with Crippen LogP contribution in [-0.4, -0.2) is 8.97 Å². The summed E-state index contributed by atoms with van der Waals surface area (Å²) in [6.07, 6.45) is 6.38. The summed E-state index contributed by atoms with van der Waals surface area (Å²) in [5.74, 6) is 0. The number of hydrogen-bond acceptors (Lipinski definition) is 0. The quantitative estimate of drug-likeness (QED) is 0.500. The van der Waals surface area contributed by atoms with Crippen molar-refractivity contribution < 1.29 is 0 Å². The first kappa shape index (κ1) is 12.0. The lowest BCUT2D eigenvalue weighted by molar-refractivity contribution is 1.11. The smallest absolute Gasteiger partial charge is 0.122 e. The second kappa shape index (κ2) is 4.67. The Balaban J connectivity index is 1.84. The zero-order valence-electron chi connectivity index (χ0n) is 11.9. The lowest BCUT2D eigenvalue weighted by Crippen LogP contribution is -1.90. The normalized spacial score (nSPS) is 11.1. The minimum absolute atomic E-state index is 1.18. The maximum atomic E-state index is 2.23. The zero-order valence-corrected chi connectivity index (χ0v) is 11.9. The van der Waals surface area contributed by atoms with Crippen molar-refractivity contribution in [1.29, 1.82) is 0 Å². The van der Waals surface area contributed by atoms with Crippen molar-refractivity contribution in [2.75, 3.05) is 0 Å². The van der Waals surface area contributed by atoms with Crippen LogP contribution in [0, 0.1) is 6.92 Å². The molecule has 0 fully saturated rings. The van der Waals surface area contributed by atoms with E-state index in [4.69, 9.17) is 0 Å². The topological polar surface area (TPSA) is 9.34 Å². The van der Waals surface area contributed by atoms with Gasteiger partial charge >= 0.3 is 0 Å². The van der Waals surface area contributed by atoms with Gasteiger partial charge in [0.25, 0.3) is 0 Å². The Morgan fingerprint density at radius 3 is 2.29 bits per heavy atom. The lowest BCUT2D eigenvalue weighted by atomic mass is 10.1. The molecule has 0 N–H and O–H groups in total. The molecule has 2 heteroatoms. The Labute approximate surface area is 123 Å². The number of aromatic nitrogens is 2. The Kier molecular flexibility index (Phi) is 2.68. The van der Waals surface area contributed by atoms with Crippen LogP contribution in [0.4, 0.5) is 0 Å². The predicted molar refractivity (Wildman–Crippen MR) is 86.9 cm³/mol. The highest BCUT2D eigenvalue weighted by Gasteiger charge is 2.07. The summed E-state index contributed by atoms with van der Waals surface area (Å²) < 4.78 is 4.37. The summed E-state index contributed by atoms with van der Waals surface area (Å²) in [7, 11) is 0. The van der Waals surface area contributed by atoms with Crippen LogP contribution in [0.15, 0.2) is 79.3 Å². The maximum Gasteiger partial charge on any atom is 0.122 e. The van der Waals surface area contributed by atoms with Gasteiger partial charge in [-0.2, -0.15) is 0 Å². The summed E-state index contributed by atoms with van der Waals surface area (Å²) in [6, 6.07) is 21.3. The monoisotopic (exact) mass is 272 g/mol. The van der Waals surface area contributed by atoms with Gasteiger partial charge in [0.2, 0.25) is 0 Å². The number of aryl methyl sites for hydroxylation is 1. The third kappa shape index (κ3) is 2.05. The molecule has 0 atom stereocenters. The number of imidazole rings is 1. The van der Waals surface area contributed by atoms with E-state index in [-0.39, 0.29) is 0 Å². The largest absolute Gasteiger partial charge is 0.308 e. The summed E-state index contributed by atoms with van der Waals surface area (Å²) >= 11 is 0. The Morgan fingerprint density at radius 2 is 1.52 bits per heavy atom. The molecular weight excluding hydrogens is 256 g/mol. The molecule has 0 saturated carbocycles. The summed E-state index contributed by atoms with van der Waals surface area (Å²) in [6.45, 7) is 2.11. The third-order valence-electron chi connectivity index (χ3n) is 3.87. The predicted octanol–water partition coefficient (Wildman–Crippen LogP) is 4.71. The first-order chi connectivity index (χ1) is 10.3. The van der Waals surface area contributed by atoms with E-state index in [0.717, 1.165) is 0 Å². The zero-order chi connectivity index (χ0) is 14.2. The second-order valence-corrected chi connectivity index (χ2v) is 5.36. The van der Waals surface area contributed by atoms with Crippen LogP contribution in [0.1, 0.15) is 5.56 Å². The Hall–Kier alpha value is -2.74. The molecule has 2 nitrogen and oxygen atoms in total. The van der Waals surface area contributed by atoms with Crippen molar-refractivity contribution >= 4 is 5.65 Å². The van der Waals surface area contributed by atoms with Crippen LogP contribution in [0.2, 0.25) is 0 Å². The fraction of sp³-hybridized carbons (Fsp3) is 0.0526. The molecule has 0 amide bonds. The number of rotatable bonds is 2. The molecular formula is C19H16N2. The molecule has 102 valence electrons. The lowest BCUT2D eigenvalue weighted by Gasteiger charge is -2.02. The minimum Gasteiger partial charge on any atom is -0.308 e. The van der Waals surface area contributed by atoms with Crippen molar-refractivity contribution in [3.8, 4) is 16.8 Å². The maximum absolute atomic E-state index is 2.23. The summed E-state index contributed by atoms with van der Waals surface area (Å²) in [4.78, 5) is 0. The SMILES string of the molecule is Cc1ccc(-c2cc3n(-c4ccccc4)ccn3c2)cc1. The van der Waals surface area contributed by atoms with Gasteiger partial charge in [-0.3, -0.25) is 0 Å². The van der Waals surface area contributed by atoms with Crippen LogP contribution in [-0.2, 0) is 0 Å². The van der Waals surface area contributed by atoms with Gasteiger partial charge in [-0.25, -0.2) is 0 Å². The number of benzene rings is 2. The summed E-state index contributed by atoms with van der Waals surface area (Å²) in [5.41, 5.74) is 6.15. The average Bonchev–Trinajstić information content (AvgIpc) is 3.09. The fourth-order valence-electron chi connectivity index (χ4n) is 2.71. The van der Waals surface area contributed by atoms with Crippen molar-refractivity contribution in [2.45, 2.75) is 6.92 Å². The second-order valence-electron chi connectivity index (χ2n) is 5.36. The van der Waals surface area contributed by atoms with E-state index in [9.17, 15) is 0 Å². The van der Waals surface area contributed by atoms with Gasteiger partial charge in [0.15, 0.2) is 0 Å². The molecule has 0 spiro atoms. The summed E-state index contributed by atoms with van der Waals surface area (Å²) in [5, 5.41) is 0. The van der Waals surface area contributed by atoms with E-state index in [1.807, 2.05) is 6.07 Å².